The van der Waals surface area contributed by atoms with Crippen molar-refractivity contribution in [3.63, 3.8) is 0 Å². The van der Waals surface area contributed by atoms with Gasteiger partial charge in [0.05, 0.1) is 16.9 Å². The molecular formula is C14H16N2O4. The Balaban J connectivity index is 2.14. The van der Waals surface area contributed by atoms with E-state index in [2.05, 4.69) is 5.32 Å². The number of hydrogen-bond acceptors (Lipinski definition) is 5. The number of nitrogens with one attached hydrogen (secondary N) is 1. The van der Waals surface area contributed by atoms with Crippen molar-refractivity contribution in [1.82, 2.24) is 5.32 Å². The first-order valence-corrected chi connectivity index (χ1v) is 6.79. The Morgan fingerprint density at radius 1 is 1.50 bits per heavy atom. The molecule has 1 N–H and O–H groups in total. The molecule has 1 unspecified atom stereocenters. The molecule has 1 spiro atoms. The molecule has 0 bridgehead atoms. The minimum Gasteiger partial charge on any atom is -0.478 e. The van der Waals surface area contributed by atoms with E-state index >= 15 is 0 Å². The standard InChI is InChI=1S/C14H16N2O4/c1-2-9-5-10-12(17)7-14(3-4-15-8-14)20-13(10)11(6-9)16(18)19/h5-6,15H,2-4,7-8H2,1H3. The van der Waals surface area contributed by atoms with Crippen LogP contribution in [0.1, 0.15) is 35.7 Å². The lowest BCUT2D eigenvalue weighted by Gasteiger charge is -2.33. The third-order valence-corrected chi connectivity index (χ3v) is 4.04. The molecular weight excluding hydrogens is 260 g/mol. The zero-order valence-corrected chi connectivity index (χ0v) is 11.3. The van der Waals surface area contributed by atoms with Crippen LogP contribution in [-0.2, 0) is 6.42 Å². The molecule has 6 nitrogen and oxygen atoms in total. The summed E-state index contributed by atoms with van der Waals surface area (Å²) in [6, 6.07) is 3.23. The second kappa shape index (κ2) is 4.56. The zero-order valence-electron chi connectivity index (χ0n) is 11.3. The van der Waals surface area contributed by atoms with E-state index in [0.717, 1.165) is 12.1 Å². The second-order valence-electron chi connectivity index (χ2n) is 5.41. The molecule has 2 aliphatic rings. The highest BCUT2D eigenvalue weighted by Crippen LogP contribution is 2.42. The molecule has 0 saturated carbocycles. The molecule has 0 aromatic heterocycles. The van der Waals surface area contributed by atoms with Gasteiger partial charge in [0.1, 0.15) is 5.60 Å². The minimum atomic E-state index is -0.609. The lowest BCUT2D eigenvalue weighted by Crippen LogP contribution is -2.44. The molecule has 3 rings (SSSR count). The minimum absolute atomic E-state index is 0.0617. The first kappa shape index (κ1) is 13.1. The van der Waals surface area contributed by atoms with Gasteiger partial charge in [-0.15, -0.1) is 0 Å². The Kier molecular flexibility index (Phi) is 2.97. The summed E-state index contributed by atoms with van der Waals surface area (Å²) in [4.78, 5) is 23.1. The first-order valence-electron chi connectivity index (χ1n) is 6.79. The SMILES string of the molecule is CCc1cc2c(c([N+](=O)[O-])c1)OC1(CCNC1)CC2=O. The molecule has 20 heavy (non-hydrogen) atoms. The number of Topliss-reactive ketones (excluding diaryl/α,β-unsaturated/α-hetero) is 1. The van der Waals surface area contributed by atoms with Crippen LogP contribution in [-0.4, -0.2) is 29.4 Å². The highest BCUT2D eigenvalue weighted by molar-refractivity contribution is 6.02. The van der Waals surface area contributed by atoms with Gasteiger partial charge in [-0.2, -0.15) is 0 Å². The number of nitro groups is 1. The molecule has 1 atom stereocenters. The van der Waals surface area contributed by atoms with Crippen LogP contribution >= 0.6 is 0 Å². The van der Waals surface area contributed by atoms with E-state index in [0.29, 0.717) is 24.9 Å². The number of nitro benzene ring substituents is 1. The predicted octanol–water partition coefficient (Wildman–Crippen LogP) is 1.85. The van der Waals surface area contributed by atoms with Crippen LogP contribution in [0, 0.1) is 10.1 Å². The maximum atomic E-state index is 12.4. The summed E-state index contributed by atoms with van der Waals surface area (Å²) in [5.41, 5.74) is 0.433. The van der Waals surface area contributed by atoms with Gasteiger partial charge in [-0.3, -0.25) is 14.9 Å². The number of carbonyl (C=O) groups is 1. The van der Waals surface area contributed by atoms with E-state index in [9.17, 15) is 14.9 Å². The maximum absolute atomic E-state index is 12.4. The zero-order chi connectivity index (χ0) is 14.3. The van der Waals surface area contributed by atoms with Gasteiger partial charge in [0.2, 0.25) is 5.75 Å². The van der Waals surface area contributed by atoms with E-state index < -0.39 is 10.5 Å². The number of carbonyl (C=O) groups excluding carboxylic acids is 1. The third-order valence-electron chi connectivity index (χ3n) is 4.04. The quantitative estimate of drug-likeness (QED) is 0.658. The Morgan fingerprint density at radius 3 is 2.90 bits per heavy atom. The van der Waals surface area contributed by atoms with E-state index in [1.165, 1.54) is 6.07 Å². The summed E-state index contributed by atoms with van der Waals surface area (Å²) in [5, 5.41) is 14.4. The fraction of sp³-hybridized carbons (Fsp3) is 0.500. The first-order chi connectivity index (χ1) is 9.54. The Morgan fingerprint density at radius 2 is 2.30 bits per heavy atom. The van der Waals surface area contributed by atoms with Crippen molar-refractivity contribution in [3.05, 3.63) is 33.4 Å². The molecule has 0 amide bonds. The fourth-order valence-corrected chi connectivity index (χ4v) is 2.93. The number of hydrogen-bond donors (Lipinski definition) is 1. The molecule has 6 heteroatoms. The van der Waals surface area contributed by atoms with Crippen LogP contribution in [0.2, 0.25) is 0 Å². The molecule has 0 aliphatic carbocycles. The molecule has 1 fully saturated rings. The fourth-order valence-electron chi connectivity index (χ4n) is 2.93. The van der Waals surface area contributed by atoms with Gasteiger partial charge in [-0.1, -0.05) is 6.92 Å². The van der Waals surface area contributed by atoms with E-state index in [-0.39, 0.29) is 23.6 Å². The number of aryl methyl sites for hydroxylation is 1. The Bertz CT molecular complexity index is 574. The summed E-state index contributed by atoms with van der Waals surface area (Å²) in [5.74, 6) is 0.0838. The molecule has 2 heterocycles. The third kappa shape index (κ3) is 1.96. The van der Waals surface area contributed by atoms with Crippen molar-refractivity contribution in [2.45, 2.75) is 31.8 Å². The Hall–Kier alpha value is -1.95. The van der Waals surface area contributed by atoms with Gasteiger partial charge >= 0.3 is 5.69 Å². The van der Waals surface area contributed by atoms with Gasteiger partial charge in [0.25, 0.3) is 0 Å². The smallest absolute Gasteiger partial charge is 0.311 e. The van der Waals surface area contributed by atoms with E-state index in [4.69, 9.17) is 4.74 Å². The number of rotatable bonds is 2. The maximum Gasteiger partial charge on any atom is 0.311 e. The lowest BCUT2D eigenvalue weighted by molar-refractivity contribution is -0.386. The summed E-state index contributed by atoms with van der Waals surface area (Å²) in [7, 11) is 0. The van der Waals surface area contributed by atoms with Crippen LogP contribution in [0.25, 0.3) is 0 Å². The van der Waals surface area contributed by atoms with Crippen LogP contribution in [0.15, 0.2) is 12.1 Å². The molecule has 106 valence electrons. The molecule has 1 saturated heterocycles. The molecule has 1 aromatic rings. The van der Waals surface area contributed by atoms with Gasteiger partial charge in [0, 0.05) is 19.0 Å². The van der Waals surface area contributed by atoms with Gasteiger partial charge in [-0.25, -0.2) is 0 Å². The van der Waals surface area contributed by atoms with Crippen LogP contribution in [0.3, 0.4) is 0 Å². The second-order valence-corrected chi connectivity index (χ2v) is 5.41. The van der Waals surface area contributed by atoms with Crippen molar-refractivity contribution in [2.24, 2.45) is 0 Å². The average molecular weight is 276 g/mol. The summed E-state index contributed by atoms with van der Waals surface area (Å²) in [6.45, 7) is 3.23. The van der Waals surface area contributed by atoms with E-state index in [1.54, 1.807) is 6.07 Å². The van der Waals surface area contributed by atoms with Gasteiger partial charge in [-0.05, 0) is 24.6 Å². The predicted molar refractivity (Wildman–Crippen MR) is 72.3 cm³/mol. The van der Waals surface area contributed by atoms with Crippen LogP contribution < -0.4 is 10.1 Å². The monoisotopic (exact) mass is 276 g/mol. The number of fused-ring (bicyclic) bond motifs is 1. The van der Waals surface area contributed by atoms with E-state index in [1.807, 2.05) is 6.92 Å². The van der Waals surface area contributed by atoms with Crippen molar-refractivity contribution >= 4 is 11.5 Å². The summed E-state index contributed by atoms with van der Waals surface area (Å²) in [6.07, 6.45) is 1.64. The average Bonchev–Trinajstić information content (AvgIpc) is 2.85. The topological polar surface area (TPSA) is 81.5 Å². The van der Waals surface area contributed by atoms with Crippen molar-refractivity contribution in [3.8, 4) is 5.75 Å². The van der Waals surface area contributed by atoms with Crippen molar-refractivity contribution in [1.29, 1.82) is 0 Å². The molecule has 1 aromatic carbocycles. The number of ketones is 1. The lowest BCUT2D eigenvalue weighted by atomic mass is 9.88. The highest BCUT2D eigenvalue weighted by Gasteiger charge is 2.45. The van der Waals surface area contributed by atoms with Gasteiger partial charge in [0.15, 0.2) is 5.78 Å². The number of ether oxygens (including phenoxy) is 1. The Labute approximate surface area is 116 Å². The van der Waals surface area contributed by atoms with Crippen LogP contribution in [0.4, 0.5) is 5.69 Å². The number of benzene rings is 1. The summed E-state index contributed by atoms with van der Waals surface area (Å²) < 4.78 is 5.92. The molecule has 2 aliphatic heterocycles. The van der Waals surface area contributed by atoms with Gasteiger partial charge < -0.3 is 10.1 Å². The highest BCUT2D eigenvalue weighted by atomic mass is 16.6. The summed E-state index contributed by atoms with van der Waals surface area (Å²) >= 11 is 0. The largest absolute Gasteiger partial charge is 0.478 e. The van der Waals surface area contributed by atoms with Crippen LogP contribution in [0.5, 0.6) is 5.75 Å². The van der Waals surface area contributed by atoms with Crippen molar-refractivity contribution in [2.75, 3.05) is 13.1 Å². The van der Waals surface area contributed by atoms with Crippen molar-refractivity contribution < 1.29 is 14.5 Å². The normalized spacial score (nSPS) is 24.6. The molecule has 0 radical (unpaired) electrons. The number of nitrogens with zero attached hydrogens (tertiary/aromatic N) is 1.